The van der Waals surface area contributed by atoms with E-state index in [1.807, 2.05) is 0 Å². The van der Waals surface area contributed by atoms with Gasteiger partial charge in [0.1, 0.15) is 0 Å². The van der Waals surface area contributed by atoms with Crippen molar-refractivity contribution in [2.24, 2.45) is 0 Å². The predicted molar refractivity (Wildman–Crippen MR) is 71.8 cm³/mol. The van der Waals surface area contributed by atoms with Crippen LogP contribution in [0.4, 0.5) is 0 Å². The first-order valence-electron chi connectivity index (χ1n) is 6.09. The van der Waals surface area contributed by atoms with E-state index >= 15 is 0 Å². The number of esters is 1. The smallest absolute Gasteiger partial charge is 0.323 e. The Labute approximate surface area is 118 Å². The molecule has 1 atom stereocenters. The second-order valence-electron chi connectivity index (χ2n) is 5.73. The lowest BCUT2D eigenvalue weighted by Gasteiger charge is -2.33. The van der Waals surface area contributed by atoms with Crippen molar-refractivity contribution in [1.82, 2.24) is 10.2 Å². The molecule has 0 bridgehead atoms. The first-order chi connectivity index (χ1) is 8.84. The lowest BCUT2D eigenvalue weighted by Crippen LogP contribution is -2.65. The van der Waals surface area contributed by atoms with Gasteiger partial charge < -0.3 is 15.0 Å². The van der Waals surface area contributed by atoms with E-state index in [1.54, 1.807) is 20.8 Å². The monoisotopic (exact) mass is 286 g/mol. The molecule has 0 fully saturated rings. The summed E-state index contributed by atoms with van der Waals surface area (Å²) in [6.45, 7) is 7.12. The number of Topliss-reactive ketones (excluding diaryl/α,β-unsaturated/α-hetero) is 1. The van der Waals surface area contributed by atoms with Crippen molar-refractivity contribution in [3.63, 3.8) is 0 Å². The van der Waals surface area contributed by atoms with Crippen molar-refractivity contribution in [2.75, 3.05) is 14.1 Å². The summed E-state index contributed by atoms with van der Waals surface area (Å²) in [6, 6.07) is 0. The highest BCUT2D eigenvalue weighted by atomic mass is 16.6. The molecule has 7 nitrogen and oxygen atoms in total. The van der Waals surface area contributed by atoms with Crippen LogP contribution >= 0.6 is 0 Å². The summed E-state index contributed by atoms with van der Waals surface area (Å²) in [7, 11) is 2.74. The summed E-state index contributed by atoms with van der Waals surface area (Å²) < 4.78 is 4.84. The standard InChI is InChI=1S/C13H22N2O5/c1-8(16)13(20-9(2)17,11(19)15(6)7)10(18)14-12(3,4)5/h1-7H3,(H,14,18). The van der Waals surface area contributed by atoms with Gasteiger partial charge in [0, 0.05) is 26.6 Å². The van der Waals surface area contributed by atoms with Gasteiger partial charge in [-0.05, 0) is 27.7 Å². The molecular formula is C13H22N2O5. The van der Waals surface area contributed by atoms with Gasteiger partial charge in [-0.3, -0.25) is 19.2 Å². The molecule has 0 radical (unpaired) electrons. The highest BCUT2D eigenvalue weighted by Gasteiger charge is 2.55. The predicted octanol–water partition coefficient (Wildman–Crippen LogP) is -0.120. The number of nitrogens with zero attached hydrogens (tertiary/aromatic N) is 1. The Kier molecular flexibility index (Phi) is 5.44. The highest BCUT2D eigenvalue weighted by Crippen LogP contribution is 2.19. The van der Waals surface area contributed by atoms with E-state index in [0.29, 0.717) is 0 Å². The molecule has 0 heterocycles. The lowest BCUT2D eigenvalue weighted by atomic mass is 9.94. The molecule has 1 unspecified atom stereocenters. The van der Waals surface area contributed by atoms with Gasteiger partial charge in [0.15, 0.2) is 5.78 Å². The second kappa shape index (κ2) is 6.02. The van der Waals surface area contributed by atoms with Crippen LogP contribution in [0.3, 0.4) is 0 Å². The van der Waals surface area contributed by atoms with E-state index in [9.17, 15) is 19.2 Å². The minimum atomic E-state index is -2.48. The number of hydrogen-bond donors (Lipinski definition) is 1. The van der Waals surface area contributed by atoms with Crippen LogP contribution in [0.5, 0.6) is 0 Å². The Bertz CT molecular complexity index is 437. The van der Waals surface area contributed by atoms with E-state index in [4.69, 9.17) is 4.74 Å². The van der Waals surface area contributed by atoms with Crippen LogP contribution in [-0.2, 0) is 23.9 Å². The van der Waals surface area contributed by atoms with Crippen LogP contribution in [0.25, 0.3) is 0 Å². The molecule has 0 aliphatic heterocycles. The van der Waals surface area contributed by atoms with Gasteiger partial charge in [-0.15, -0.1) is 0 Å². The Morgan fingerprint density at radius 3 is 1.70 bits per heavy atom. The van der Waals surface area contributed by atoms with Crippen molar-refractivity contribution in [1.29, 1.82) is 0 Å². The van der Waals surface area contributed by atoms with Gasteiger partial charge in [-0.1, -0.05) is 0 Å². The van der Waals surface area contributed by atoms with Gasteiger partial charge in [0.2, 0.25) is 0 Å². The van der Waals surface area contributed by atoms with Crippen molar-refractivity contribution >= 4 is 23.6 Å². The van der Waals surface area contributed by atoms with Crippen LogP contribution in [0.2, 0.25) is 0 Å². The SMILES string of the molecule is CC(=O)OC(C(C)=O)(C(=O)NC(C)(C)C)C(=O)N(C)C. The first-order valence-corrected chi connectivity index (χ1v) is 6.09. The summed E-state index contributed by atoms with van der Waals surface area (Å²) in [6.07, 6.45) is 0. The van der Waals surface area contributed by atoms with Crippen LogP contribution in [0.1, 0.15) is 34.6 Å². The molecule has 114 valence electrons. The summed E-state index contributed by atoms with van der Waals surface area (Å²) in [5, 5.41) is 2.50. The number of hydrogen-bond acceptors (Lipinski definition) is 5. The molecule has 7 heteroatoms. The maximum atomic E-state index is 12.3. The molecule has 0 aromatic heterocycles. The largest absolute Gasteiger partial charge is 0.430 e. The van der Waals surface area contributed by atoms with Gasteiger partial charge in [-0.2, -0.15) is 0 Å². The minimum Gasteiger partial charge on any atom is -0.430 e. The van der Waals surface area contributed by atoms with E-state index in [2.05, 4.69) is 5.32 Å². The number of ether oxygens (including phenoxy) is 1. The Morgan fingerprint density at radius 2 is 1.45 bits per heavy atom. The van der Waals surface area contributed by atoms with Crippen LogP contribution < -0.4 is 5.32 Å². The minimum absolute atomic E-state index is 0.690. The highest BCUT2D eigenvalue weighted by molar-refractivity contribution is 6.27. The zero-order valence-corrected chi connectivity index (χ0v) is 13.0. The Balaban J connectivity index is 5.87. The van der Waals surface area contributed by atoms with Crippen LogP contribution in [-0.4, -0.2) is 53.7 Å². The van der Waals surface area contributed by atoms with E-state index < -0.39 is 34.7 Å². The van der Waals surface area contributed by atoms with E-state index in [1.165, 1.54) is 14.1 Å². The molecule has 0 aromatic carbocycles. The maximum Gasteiger partial charge on any atom is 0.323 e. The van der Waals surface area contributed by atoms with Crippen molar-refractivity contribution in [3.8, 4) is 0 Å². The molecule has 0 saturated heterocycles. The fourth-order valence-electron chi connectivity index (χ4n) is 1.53. The molecule has 0 spiro atoms. The quantitative estimate of drug-likeness (QED) is 0.574. The Morgan fingerprint density at radius 1 is 1.00 bits per heavy atom. The number of likely N-dealkylation sites (N-methyl/N-ethyl adjacent to an activating group) is 1. The third kappa shape index (κ3) is 4.04. The average molecular weight is 286 g/mol. The molecule has 2 amide bonds. The van der Waals surface area contributed by atoms with Gasteiger partial charge in [-0.25, -0.2) is 0 Å². The van der Waals surface area contributed by atoms with Crippen molar-refractivity contribution in [2.45, 2.75) is 45.8 Å². The van der Waals surface area contributed by atoms with Crippen molar-refractivity contribution < 1.29 is 23.9 Å². The Hall–Kier alpha value is -1.92. The molecule has 0 aromatic rings. The zero-order chi connectivity index (χ0) is 16.3. The summed E-state index contributed by atoms with van der Waals surface area (Å²) in [4.78, 5) is 48.7. The summed E-state index contributed by atoms with van der Waals surface area (Å²) in [5.41, 5.74) is -3.17. The number of carbonyl (C=O) groups is 4. The fourth-order valence-corrected chi connectivity index (χ4v) is 1.53. The number of rotatable bonds is 4. The maximum absolute atomic E-state index is 12.3. The molecule has 0 aliphatic rings. The van der Waals surface area contributed by atoms with E-state index in [-0.39, 0.29) is 0 Å². The van der Waals surface area contributed by atoms with Crippen LogP contribution in [0.15, 0.2) is 0 Å². The van der Waals surface area contributed by atoms with Gasteiger partial charge in [0.05, 0.1) is 0 Å². The topological polar surface area (TPSA) is 92.8 Å². The third-order valence-electron chi connectivity index (χ3n) is 2.31. The normalized spacial score (nSPS) is 13.9. The fraction of sp³-hybridized carbons (Fsp3) is 0.692. The van der Waals surface area contributed by atoms with Crippen LogP contribution in [0, 0.1) is 0 Å². The molecule has 0 aliphatic carbocycles. The number of amides is 2. The summed E-state index contributed by atoms with van der Waals surface area (Å²) in [5.74, 6) is -3.60. The average Bonchev–Trinajstić information content (AvgIpc) is 2.21. The number of nitrogens with one attached hydrogen (secondary N) is 1. The number of ketones is 1. The third-order valence-corrected chi connectivity index (χ3v) is 2.31. The van der Waals surface area contributed by atoms with Crippen molar-refractivity contribution in [3.05, 3.63) is 0 Å². The van der Waals surface area contributed by atoms with Gasteiger partial charge >= 0.3 is 11.6 Å². The molecule has 0 saturated carbocycles. The van der Waals surface area contributed by atoms with Gasteiger partial charge in [0.25, 0.3) is 11.8 Å². The molecular weight excluding hydrogens is 264 g/mol. The first kappa shape index (κ1) is 18.1. The zero-order valence-electron chi connectivity index (χ0n) is 13.0. The molecule has 0 rings (SSSR count). The van der Waals surface area contributed by atoms with E-state index in [0.717, 1.165) is 18.7 Å². The molecule has 1 N–H and O–H groups in total. The lowest BCUT2D eigenvalue weighted by molar-refractivity contribution is -0.180. The second-order valence-corrected chi connectivity index (χ2v) is 5.73. The number of carbonyl (C=O) groups excluding carboxylic acids is 4. The summed E-state index contributed by atoms with van der Waals surface area (Å²) >= 11 is 0. The molecule has 20 heavy (non-hydrogen) atoms.